The van der Waals surface area contributed by atoms with Crippen molar-refractivity contribution in [2.24, 2.45) is 0 Å². The largest absolute Gasteiger partial charge is 0.416 e. The summed E-state index contributed by atoms with van der Waals surface area (Å²) in [6.07, 6.45) is -3.56. The number of aliphatic hydroxyl groups excluding tert-OH is 1. The van der Waals surface area contributed by atoms with Gasteiger partial charge in [0.15, 0.2) is 0 Å². The standard InChI is InChI=1S/C12H17F3OSi/c1-17(2,9-3-8-16)11-6-4-10(5-7-11)12(13,14)15/h4-7,16H,3,8-9H2,1-2H3. The molecule has 0 bridgehead atoms. The molecule has 1 rings (SSSR count). The van der Waals surface area contributed by atoms with Crippen molar-refractivity contribution < 1.29 is 18.3 Å². The number of halogens is 3. The second-order valence-corrected chi connectivity index (χ2v) is 9.63. The molecule has 17 heavy (non-hydrogen) atoms. The fourth-order valence-corrected chi connectivity index (χ4v) is 4.18. The number of alkyl halides is 3. The highest BCUT2D eigenvalue weighted by molar-refractivity contribution is 6.89. The minimum absolute atomic E-state index is 0.136. The lowest BCUT2D eigenvalue weighted by atomic mass is 10.2. The van der Waals surface area contributed by atoms with Crippen LogP contribution in [0.2, 0.25) is 19.1 Å². The molecule has 0 spiro atoms. The molecule has 0 saturated carbocycles. The lowest BCUT2D eigenvalue weighted by Gasteiger charge is -2.23. The van der Waals surface area contributed by atoms with Crippen molar-refractivity contribution in [1.29, 1.82) is 0 Å². The van der Waals surface area contributed by atoms with Crippen LogP contribution in [0.4, 0.5) is 13.2 Å². The van der Waals surface area contributed by atoms with Gasteiger partial charge in [-0.15, -0.1) is 0 Å². The molecular weight excluding hydrogens is 245 g/mol. The van der Waals surface area contributed by atoms with E-state index in [1.54, 1.807) is 12.1 Å². The van der Waals surface area contributed by atoms with Crippen LogP contribution in [0.25, 0.3) is 0 Å². The van der Waals surface area contributed by atoms with Gasteiger partial charge in [-0.05, 0) is 6.42 Å². The molecule has 1 aromatic rings. The predicted molar refractivity (Wildman–Crippen MR) is 65.1 cm³/mol. The number of aliphatic hydroxyl groups is 1. The van der Waals surface area contributed by atoms with E-state index in [0.717, 1.165) is 23.4 Å². The van der Waals surface area contributed by atoms with E-state index in [9.17, 15) is 13.2 Å². The number of hydrogen-bond donors (Lipinski definition) is 1. The van der Waals surface area contributed by atoms with Gasteiger partial charge >= 0.3 is 6.18 Å². The SMILES string of the molecule is C[Si](C)(CCCO)c1ccc(C(F)(F)F)cc1. The predicted octanol–water partition coefficient (Wildman–Crippen LogP) is 3.00. The highest BCUT2D eigenvalue weighted by Crippen LogP contribution is 2.28. The molecule has 0 atom stereocenters. The Bertz CT molecular complexity index is 357. The van der Waals surface area contributed by atoms with Crippen molar-refractivity contribution in [3.8, 4) is 0 Å². The minimum Gasteiger partial charge on any atom is -0.396 e. The molecule has 5 heteroatoms. The lowest BCUT2D eigenvalue weighted by Crippen LogP contribution is -2.41. The monoisotopic (exact) mass is 262 g/mol. The first-order valence-corrected chi connectivity index (χ1v) is 8.77. The topological polar surface area (TPSA) is 20.2 Å². The molecular formula is C12H17F3OSi. The van der Waals surface area contributed by atoms with Gasteiger partial charge in [0.05, 0.1) is 13.6 Å². The summed E-state index contributed by atoms with van der Waals surface area (Å²) in [7, 11) is -1.71. The van der Waals surface area contributed by atoms with E-state index in [1.165, 1.54) is 0 Å². The molecule has 1 nitrogen and oxygen atoms in total. The van der Waals surface area contributed by atoms with Gasteiger partial charge in [-0.2, -0.15) is 13.2 Å². The molecule has 0 radical (unpaired) electrons. The van der Waals surface area contributed by atoms with Crippen molar-refractivity contribution in [3.05, 3.63) is 29.8 Å². The normalized spacial score (nSPS) is 12.8. The first-order chi connectivity index (χ1) is 7.77. The van der Waals surface area contributed by atoms with Crippen LogP contribution < -0.4 is 5.19 Å². The third-order valence-corrected chi connectivity index (χ3v) is 6.45. The Labute approximate surface area is 100 Å². The molecule has 1 aromatic carbocycles. The summed E-state index contributed by atoms with van der Waals surface area (Å²) >= 11 is 0. The van der Waals surface area contributed by atoms with Gasteiger partial charge in [0.2, 0.25) is 0 Å². The maximum Gasteiger partial charge on any atom is 0.416 e. The highest BCUT2D eigenvalue weighted by atomic mass is 28.3. The smallest absolute Gasteiger partial charge is 0.396 e. The number of hydrogen-bond acceptors (Lipinski definition) is 1. The van der Waals surface area contributed by atoms with Crippen LogP contribution in [0.5, 0.6) is 0 Å². The molecule has 1 N–H and O–H groups in total. The van der Waals surface area contributed by atoms with Gasteiger partial charge in [0.25, 0.3) is 0 Å². The van der Waals surface area contributed by atoms with Crippen molar-refractivity contribution in [2.75, 3.05) is 6.61 Å². The third kappa shape index (κ3) is 3.85. The molecule has 0 heterocycles. The summed E-state index contributed by atoms with van der Waals surface area (Å²) in [5.74, 6) is 0. The fraction of sp³-hybridized carbons (Fsp3) is 0.500. The minimum atomic E-state index is -4.27. The summed E-state index contributed by atoms with van der Waals surface area (Å²) in [6, 6.07) is 6.32. The van der Waals surface area contributed by atoms with Crippen LogP contribution in [-0.4, -0.2) is 19.8 Å². The van der Waals surface area contributed by atoms with Crippen molar-refractivity contribution in [1.82, 2.24) is 0 Å². The first kappa shape index (κ1) is 14.2. The van der Waals surface area contributed by atoms with Crippen LogP contribution in [0.3, 0.4) is 0 Å². The highest BCUT2D eigenvalue weighted by Gasteiger charge is 2.31. The first-order valence-electron chi connectivity index (χ1n) is 5.56. The summed E-state index contributed by atoms with van der Waals surface area (Å²) in [4.78, 5) is 0. The second kappa shape index (κ2) is 5.22. The second-order valence-electron chi connectivity index (χ2n) is 4.79. The quantitative estimate of drug-likeness (QED) is 0.827. The molecule has 0 saturated heterocycles. The van der Waals surface area contributed by atoms with E-state index in [0.29, 0.717) is 6.42 Å². The molecule has 0 amide bonds. The molecule has 0 aliphatic rings. The van der Waals surface area contributed by atoms with Gasteiger partial charge < -0.3 is 5.11 Å². The van der Waals surface area contributed by atoms with Crippen molar-refractivity contribution in [2.45, 2.75) is 31.7 Å². The van der Waals surface area contributed by atoms with Crippen molar-refractivity contribution >= 4 is 13.3 Å². The van der Waals surface area contributed by atoms with Gasteiger partial charge in [0.1, 0.15) is 0 Å². The Hall–Kier alpha value is -0.813. The van der Waals surface area contributed by atoms with Gasteiger partial charge in [0, 0.05) is 6.61 Å². The molecule has 0 aliphatic heterocycles. The van der Waals surface area contributed by atoms with E-state index in [-0.39, 0.29) is 6.61 Å². The zero-order chi connectivity index (χ0) is 13.1. The molecule has 96 valence electrons. The molecule has 0 unspecified atom stereocenters. The summed E-state index contributed by atoms with van der Waals surface area (Å²) in [5.41, 5.74) is -0.604. The van der Waals surface area contributed by atoms with Crippen molar-refractivity contribution in [3.63, 3.8) is 0 Å². The van der Waals surface area contributed by atoms with Gasteiger partial charge in [-0.3, -0.25) is 0 Å². The average molecular weight is 262 g/mol. The summed E-state index contributed by atoms with van der Waals surface area (Å²) in [6.45, 7) is 4.34. The Morgan fingerprint density at radius 1 is 1.12 bits per heavy atom. The molecule has 0 aromatic heterocycles. The van der Waals surface area contributed by atoms with Gasteiger partial charge in [-0.25, -0.2) is 0 Å². The van der Waals surface area contributed by atoms with E-state index in [2.05, 4.69) is 13.1 Å². The lowest BCUT2D eigenvalue weighted by molar-refractivity contribution is -0.137. The number of benzene rings is 1. The third-order valence-electron chi connectivity index (χ3n) is 2.95. The maximum atomic E-state index is 12.4. The van der Waals surface area contributed by atoms with E-state index < -0.39 is 19.8 Å². The van der Waals surface area contributed by atoms with E-state index >= 15 is 0 Å². The Morgan fingerprint density at radius 2 is 1.65 bits per heavy atom. The van der Waals surface area contributed by atoms with Crippen LogP contribution >= 0.6 is 0 Å². The molecule has 0 fully saturated rings. The fourth-order valence-electron chi connectivity index (χ4n) is 1.78. The van der Waals surface area contributed by atoms with E-state index in [1.807, 2.05) is 0 Å². The van der Waals surface area contributed by atoms with Crippen LogP contribution in [0.15, 0.2) is 24.3 Å². The zero-order valence-corrected chi connectivity index (χ0v) is 11.0. The summed E-state index contributed by atoms with van der Waals surface area (Å²) < 4.78 is 37.2. The number of rotatable bonds is 4. The average Bonchev–Trinajstić information content (AvgIpc) is 2.25. The van der Waals surface area contributed by atoms with Gasteiger partial charge in [-0.1, -0.05) is 48.6 Å². The van der Waals surface area contributed by atoms with Crippen LogP contribution in [0.1, 0.15) is 12.0 Å². The van der Waals surface area contributed by atoms with E-state index in [4.69, 9.17) is 5.11 Å². The Morgan fingerprint density at radius 3 is 2.06 bits per heavy atom. The Kier molecular flexibility index (Phi) is 4.38. The molecule has 0 aliphatic carbocycles. The van der Waals surface area contributed by atoms with Crippen LogP contribution in [0, 0.1) is 0 Å². The Balaban J connectivity index is 2.87. The summed E-state index contributed by atoms with van der Waals surface area (Å²) in [5, 5.41) is 9.80. The zero-order valence-electron chi connectivity index (χ0n) is 10.0. The maximum absolute atomic E-state index is 12.4. The van der Waals surface area contributed by atoms with Crippen LogP contribution in [-0.2, 0) is 6.18 Å².